The van der Waals surface area contributed by atoms with Gasteiger partial charge in [0.05, 0.1) is 18.3 Å². The van der Waals surface area contributed by atoms with E-state index in [4.69, 9.17) is 11.6 Å². The molecule has 0 bridgehead atoms. The van der Waals surface area contributed by atoms with Gasteiger partial charge in [0.15, 0.2) is 17.5 Å². The van der Waals surface area contributed by atoms with E-state index in [1.165, 1.54) is 11.9 Å². The Balaban J connectivity index is 1.95. The maximum Gasteiger partial charge on any atom is 0.241 e. The predicted octanol–water partition coefficient (Wildman–Crippen LogP) is 3.65. The SMILES string of the molecule is C[C@@H](C(=O)Nc1cccc(Cl)c1)N(C)CC(=O)Nc1ccc(F)c(F)c1F. The molecular formula is C18H17ClF3N3O2. The van der Waals surface area contributed by atoms with Crippen molar-refractivity contribution < 1.29 is 22.8 Å². The fourth-order valence-corrected chi connectivity index (χ4v) is 2.38. The number of hydrogen-bond acceptors (Lipinski definition) is 3. The molecular weight excluding hydrogens is 383 g/mol. The summed E-state index contributed by atoms with van der Waals surface area (Å²) in [7, 11) is 1.52. The Morgan fingerprint density at radius 3 is 2.48 bits per heavy atom. The van der Waals surface area contributed by atoms with Gasteiger partial charge in [-0.15, -0.1) is 0 Å². The largest absolute Gasteiger partial charge is 0.325 e. The van der Waals surface area contributed by atoms with Crippen LogP contribution in [0.15, 0.2) is 36.4 Å². The lowest BCUT2D eigenvalue weighted by atomic mass is 10.2. The van der Waals surface area contributed by atoms with Gasteiger partial charge in [-0.05, 0) is 44.3 Å². The molecule has 0 radical (unpaired) electrons. The average Bonchev–Trinajstić information content (AvgIpc) is 2.61. The lowest BCUT2D eigenvalue weighted by Crippen LogP contribution is -2.43. The highest BCUT2D eigenvalue weighted by molar-refractivity contribution is 6.30. The van der Waals surface area contributed by atoms with E-state index in [1.807, 2.05) is 0 Å². The number of rotatable bonds is 6. The van der Waals surface area contributed by atoms with Crippen LogP contribution in [0.4, 0.5) is 24.5 Å². The third kappa shape index (κ3) is 5.45. The Bertz CT molecular complexity index is 864. The third-order valence-electron chi connectivity index (χ3n) is 3.84. The lowest BCUT2D eigenvalue weighted by Gasteiger charge is -2.23. The molecule has 0 aliphatic rings. The molecule has 1 atom stereocenters. The average molecular weight is 400 g/mol. The summed E-state index contributed by atoms with van der Waals surface area (Å²) in [6, 6.07) is 7.49. The molecule has 0 aliphatic heterocycles. The normalized spacial score (nSPS) is 12.0. The number of anilines is 2. The van der Waals surface area contributed by atoms with E-state index in [1.54, 1.807) is 31.2 Å². The van der Waals surface area contributed by atoms with Crippen LogP contribution >= 0.6 is 11.6 Å². The Labute approximate surface area is 159 Å². The zero-order chi connectivity index (χ0) is 20.1. The van der Waals surface area contributed by atoms with E-state index in [9.17, 15) is 22.8 Å². The molecule has 0 saturated heterocycles. The summed E-state index contributed by atoms with van der Waals surface area (Å²) in [6.07, 6.45) is 0. The van der Waals surface area contributed by atoms with Crippen molar-refractivity contribution in [2.75, 3.05) is 24.2 Å². The molecule has 27 heavy (non-hydrogen) atoms. The number of carbonyl (C=O) groups is 2. The summed E-state index contributed by atoms with van der Waals surface area (Å²) in [4.78, 5) is 25.7. The van der Waals surface area contributed by atoms with Gasteiger partial charge in [-0.25, -0.2) is 13.2 Å². The standard InChI is InChI=1S/C18H17ClF3N3O2/c1-10(18(27)23-12-5-3-4-11(19)8-12)25(2)9-15(26)24-14-7-6-13(20)16(21)17(14)22/h3-8,10H,9H2,1-2H3,(H,23,27)(H,24,26)/t10-/m0/s1. The second-order valence-corrected chi connectivity index (χ2v) is 6.30. The van der Waals surface area contributed by atoms with Crippen molar-refractivity contribution in [2.45, 2.75) is 13.0 Å². The molecule has 0 aromatic heterocycles. The first kappa shape index (κ1) is 20.7. The second kappa shape index (κ2) is 8.88. The fraction of sp³-hybridized carbons (Fsp3) is 0.222. The fourth-order valence-electron chi connectivity index (χ4n) is 2.19. The zero-order valence-electron chi connectivity index (χ0n) is 14.5. The molecule has 0 saturated carbocycles. The zero-order valence-corrected chi connectivity index (χ0v) is 15.3. The minimum atomic E-state index is -1.67. The first-order chi connectivity index (χ1) is 12.7. The van der Waals surface area contributed by atoms with E-state index in [0.29, 0.717) is 16.8 Å². The van der Waals surface area contributed by atoms with Crippen molar-refractivity contribution in [1.82, 2.24) is 4.90 Å². The van der Waals surface area contributed by atoms with Crippen molar-refractivity contribution in [1.29, 1.82) is 0 Å². The van der Waals surface area contributed by atoms with Crippen LogP contribution in [0.2, 0.25) is 5.02 Å². The van der Waals surface area contributed by atoms with E-state index in [-0.39, 0.29) is 12.5 Å². The highest BCUT2D eigenvalue weighted by Crippen LogP contribution is 2.19. The summed E-state index contributed by atoms with van der Waals surface area (Å²) >= 11 is 5.85. The molecule has 0 heterocycles. The maximum absolute atomic E-state index is 13.6. The molecule has 9 heteroatoms. The minimum absolute atomic E-state index is 0.275. The number of nitrogens with one attached hydrogen (secondary N) is 2. The number of halogens is 4. The molecule has 2 amide bonds. The molecule has 2 N–H and O–H groups in total. The van der Waals surface area contributed by atoms with Gasteiger partial charge in [0, 0.05) is 10.7 Å². The van der Waals surface area contributed by atoms with Crippen LogP contribution < -0.4 is 10.6 Å². The van der Waals surface area contributed by atoms with Gasteiger partial charge in [0.2, 0.25) is 11.8 Å². The van der Waals surface area contributed by atoms with Crippen molar-refractivity contribution >= 4 is 34.8 Å². The molecule has 2 rings (SSSR count). The first-order valence-electron chi connectivity index (χ1n) is 7.89. The molecule has 2 aromatic carbocycles. The van der Waals surface area contributed by atoms with Gasteiger partial charge in [-0.2, -0.15) is 0 Å². The third-order valence-corrected chi connectivity index (χ3v) is 4.07. The van der Waals surface area contributed by atoms with Crippen LogP contribution in [0.3, 0.4) is 0 Å². The topological polar surface area (TPSA) is 61.4 Å². The molecule has 0 aliphatic carbocycles. The summed E-state index contributed by atoms with van der Waals surface area (Å²) in [6.45, 7) is 1.30. The van der Waals surface area contributed by atoms with Crippen LogP contribution in [0.1, 0.15) is 6.92 Å². The van der Waals surface area contributed by atoms with Gasteiger partial charge in [0.1, 0.15) is 0 Å². The van der Waals surface area contributed by atoms with E-state index >= 15 is 0 Å². The van der Waals surface area contributed by atoms with Gasteiger partial charge < -0.3 is 10.6 Å². The molecule has 0 unspecified atom stereocenters. The van der Waals surface area contributed by atoms with E-state index in [0.717, 1.165) is 6.07 Å². The Morgan fingerprint density at radius 1 is 1.11 bits per heavy atom. The van der Waals surface area contributed by atoms with Crippen molar-refractivity contribution in [3.05, 3.63) is 58.9 Å². The quantitative estimate of drug-likeness (QED) is 0.729. The van der Waals surface area contributed by atoms with Crippen LogP contribution in [0, 0.1) is 17.5 Å². The van der Waals surface area contributed by atoms with Gasteiger partial charge in [-0.3, -0.25) is 14.5 Å². The Morgan fingerprint density at radius 2 is 1.81 bits per heavy atom. The van der Waals surface area contributed by atoms with Gasteiger partial charge in [-0.1, -0.05) is 17.7 Å². The molecule has 0 spiro atoms. The van der Waals surface area contributed by atoms with Gasteiger partial charge >= 0.3 is 0 Å². The first-order valence-corrected chi connectivity index (χ1v) is 8.27. The molecule has 2 aromatic rings. The van der Waals surface area contributed by atoms with Crippen molar-refractivity contribution in [2.24, 2.45) is 0 Å². The second-order valence-electron chi connectivity index (χ2n) is 5.86. The van der Waals surface area contributed by atoms with Crippen LogP contribution in [0.25, 0.3) is 0 Å². The minimum Gasteiger partial charge on any atom is -0.325 e. The predicted molar refractivity (Wildman–Crippen MR) is 97.1 cm³/mol. The van der Waals surface area contributed by atoms with Crippen LogP contribution in [0.5, 0.6) is 0 Å². The van der Waals surface area contributed by atoms with Gasteiger partial charge in [0.25, 0.3) is 0 Å². The van der Waals surface area contributed by atoms with E-state index in [2.05, 4.69) is 10.6 Å². The number of nitrogens with zero attached hydrogens (tertiary/aromatic N) is 1. The molecule has 0 fully saturated rings. The molecule has 144 valence electrons. The number of likely N-dealkylation sites (N-methyl/N-ethyl adjacent to an activating group) is 1. The maximum atomic E-state index is 13.6. The van der Waals surface area contributed by atoms with E-state index < -0.39 is 35.1 Å². The number of hydrogen-bond donors (Lipinski definition) is 2. The monoisotopic (exact) mass is 399 g/mol. The summed E-state index contributed by atoms with van der Waals surface area (Å²) in [5.74, 6) is -5.58. The number of carbonyl (C=O) groups excluding carboxylic acids is 2. The highest BCUT2D eigenvalue weighted by atomic mass is 35.5. The summed E-state index contributed by atoms with van der Waals surface area (Å²) in [5, 5.41) is 5.27. The number of benzene rings is 2. The highest BCUT2D eigenvalue weighted by Gasteiger charge is 2.21. The summed E-state index contributed by atoms with van der Waals surface area (Å²) in [5.41, 5.74) is 0.0180. The Hall–Kier alpha value is -2.58. The van der Waals surface area contributed by atoms with Crippen LogP contribution in [-0.4, -0.2) is 36.3 Å². The lowest BCUT2D eigenvalue weighted by molar-refractivity contribution is -0.122. The smallest absolute Gasteiger partial charge is 0.241 e. The Kier molecular flexibility index (Phi) is 6.81. The van der Waals surface area contributed by atoms with Crippen molar-refractivity contribution in [3.63, 3.8) is 0 Å². The van der Waals surface area contributed by atoms with Crippen LogP contribution in [-0.2, 0) is 9.59 Å². The van der Waals surface area contributed by atoms with Crippen molar-refractivity contribution in [3.8, 4) is 0 Å². The molecule has 5 nitrogen and oxygen atoms in total. The number of amides is 2. The summed E-state index contributed by atoms with van der Waals surface area (Å²) < 4.78 is 39.7.